The van der Waals surface area contributed by atoms with Crippen molar-refractivity contribution in [1.82, 2.24) is 19.9 Å². The van der Waals surface area contributed by atoms with Crippen LogP contribution in [-0.2, 0) is 0 Å². The van der Waals surface area contributed by atoms with Crippen LogP contribution >= 0.6 is 0 Å². The first kappa shape index (κ1) is 17.7. The Morgan fingerprint density at radius 3 is 2.97 bits per heavy atom. The molecule has 0 radical (unpaired) electrons. The van der Waals surface area contributed by atoms with E-state index in [1.54, 1.807) is 0 Å². The van der Waals surface area contributed by atoms with Crippen molar-refractivity contribution < 1.29 is 18.8 Å². The number of fused-ring (bicyclic) bond motifs is 3. The normalized spacial score (nSPS) is 20.7. The highest BCUT2D eigenvalue weighted by molar-refractivity contribution is 6.09. The van der Waals surface area contributed by atoms with Crippen molar-refractivity contribution in [2.24, 2.45) is 0 Å². The SMILES string of the molecule is Cc1cc(C(=O)N2CCN3CCCC3C2)c2c(-c3ccc4c(c3)OCO4)noc2n1. The van der Waals surface area contributed by atoms with Crippen LogP contribution < -0.4 is 9.47 Å². The van der Waals surface area contributed by atoms with Gasteiger partial charge in [-0.2, -0.15) is 0 Å². The van der Waals surface area contributed by atoms with Crippen LogP contribution in [0.5, 0.6) is 11.5 Å². The molecule has 0 spiro atoms. The monoisotopic (exact) mass is 406 g/mol. The fourth-order valence-electron chi connectivity index (χ4n) is 4.83. The lowest BCUT2D eigenvalue weighted by atomic mass is 10.0. The number of carbonyl (C=O) groups is 1. The van der Waals surface area contributed by atoms with Crippen molar-refractivity contribution in [2.75, 3.05) is 33.0 Å². The fourth-order valence-corrected chi connectivity index (χ4v) is 4.83. The average Bonchev–Trinajstić information content (AvgIpc) is 3.49. The number of piperazine rings is 1. The Bertz CT molecular complexity index is 1160. The molecule has 2 saturated heterocycles. The van der Waals surface area contributed by atoms with Gasteiger partial charge in [0, 0.05) is 36.9 Å². The highest BCUT2D eigenvalue weighted by Gasteiger charge is 2.34. The minimum absolute atomic E-state index is 0.0160. The smallest absolute Gasteiger partial charge is 0.259 e. The van der Waals surface area contributed by atoms with E-state index in [1.807, 2.05) is 36.1 Å². The van der Waals surface area contributed by atoms with Gasteiger partial charge in [0.2, 0.25) is 6.79 Å². The molecule has 1 unspecified atom stereocenters. The number of ether oxygens (including phenoxy) is 2. The second kappa shape index (κ2) is 6.70. The molecule has 3 aliphatic rings. The lowest BCUT2D eigenvalue weighted by Crippen LogP contribution is -2.52. The number of benzene rings is 1. The van der Waals surface area contributed by atoms with Gasteiger partial charge in [0.15, 0.2) is 11.5 Å². The van der Waals surface area contributed by atoms with Crippen molar-refractivity contribution in [3.63, 3.8) is 0 Å². The van der Waals surface area contributed by atoms with E-state index in [1.165, 1.54) is 6.42 Å². The molecule has 0 N–H and O–H groups in total. The molecule has 1 amide bonds. The van der Waals surface area contributed by atoms with E-state index in [9.17, 15) is 4.79 Å². The minimum atomic E-state index is 0.0160. The molecule has 0 saturated carbocycles. The predicted molar refractivity (Wildman–Crippen MR) is 109 cm³/mol. The van der Waals surface area contributed by atoms with Gasteiger partial charge in [-0.25, -0.2) is 4.98 Å². The van der Waals surface area contributed by atoms with Gasteiger partial charge in [-0.3, -0.25) is 9.69 Å². The maximum Gasteiger partial charge on any atom is 0.259 e. The molecule has 0 bridgehead atoms. The molecular weight excluding hydrogens is 384 g/mol. The average molecular weight is 406 g/mol. The Morgan fingerprint density at radius 2 is 2.03 bits per heavy atom. The van der Waals surface area contributed by atoms with Crippen molar-refractivity contribution in [1.29, 1.82) is 0 Å². The van der Waals surface area contributed by atoms with Gasteiger partial charge in [-0.05, 0) is 50.6 Å². The molecule has 0 aliphatic carbocycles. The minimum Gasteiger partial charge on any atom is -0.454 e. The number of aromatic nitrogens is 2. The third kappa shape index (κ3) is 2.74. The standard InChI is InChI=1S/C22H22N4O4/c1-13-9-16(22(27)26-8-7-25-6-2-3-15(25)11-26)19-20(24-30-21(19)23-13)14-4-5-17-18(10-14)29-12-28-17/h4-5,9-10,15H,2-3,6-8,11-12H2,1H3. The maximum absolute atomic E-state index is 13.6. The first-order valence-corrected chi connectivity index (χ1v) is 10.4. The quantitative estimate of drug-likeness (QED) is 0.647. The summed E-state index contributed by atoms with van der Waals surface area (Å²) in [6.07, 6.45) is 2.37. The Kier molecular flexibility index (Phi) is 3.95. The van der Waals surface area contributed by atoms with E-state index < -0.39 is 0 Å². The molecule has 3 aromatic rings. The highest BCUT2D eigenvalue weighted by atomic mass is 16.7. The fraction of sp³-hybridized carbons (Fsp3) is 0.409. The first-order valence-electron chi connectivity index (χ1n) is 10.4. The summed E-state index contributed by atoms with van der Waals surface area (Å²) in [7, 11) is 0. The number of rotatable bonds is 2. The van der Waals surface area contributed by atoms with Gasteiger partial charge in [0.1, 0.15) is 5.69 Å². The van der Waals surface area contributed by atoms with Gasteiger partial charge in [0.05, 0.1) is 10.9 Å². The van der Waals surface area contributed by atoms with E-state index in [0.717, 1.165) is 43.9 Å². The third-order valence-corrected chi connectivity index (χ3v) is 6.33. The van der Waals surface area contributed by atoms with Crippen LogP contribution in [0.15, 0.2) is 28.8 Å². The largest absolute Gasteiger partial charge is 0.454 e. The van der Waals surface area contributed by atoms with Crippen molar-refractivity contribution in [2.45, 2.75) is 25.8 Å². The summed E-state index contributed by atoms with van der Waals surface area (Å²) in [5.41, 5.74) is 3.11. The van der Waals surface area contributed by atoms with Gasteiger partial charge in [-0.1, -0.05) is 5.16 Å². The van der Waals surface area contributed by atoms with E-state index in [4.69, 9.17) is 14.0 Å². The van der Waals surface area contributed by atoms with Gasteiger partial charge < -0.3 is 18.9 Å². The molecule has 5 heterocycles. The summed E-state index contributed by atoms with van der Waals surface area (Å²) in [4.78, 5) is 22.5. The van der Waals surface area contributed by atoms with E-state index in [-0.39, 0.29) is 12.7 Å². The molecule has 3 aliphatic heterocycles. The Morgan fingerprint density at radius 1 is 1.13 bits per heavy atom. The molecular formula is C22H22N4O4. The Balaban J connectivity index is 1.42. The second-order valence-corrected chi connectivity index (χ2v) is 8.17. The second-order valence-electron chi connectivity index (χ2n) is 8.17. The third-order valence-electron chi connectivity index (χ3n) is 6.33. The van der Waals surface area contributed by atoms with Gasteiger partial charge in [0.25, 0.3) is 11.6 Å². The van der Waals surface area contributed by atoms with E-state index >= 15 is 0 Å². The summed E-state index contributed by atoms with van der Waals surface area (Å²) in [6, 6.07) is 7.93. The van der Waals surface area contributed by atoms with Crippen molar-refractivity contribution in [3.05, 3.63) is 35.5 Å². The van der Waals surface area contributed by atoms with Gasteiger partial charge in [-0.15, -0.1) is 0 Å². The first-order chi connectivity index (χ1) is 14.7. The summed E-state index contributed by atoms with van der Waals surface area (Å²) in [5.74, 6) is 1.38. The predicted octanol–water partition coefficient (Wildman–Crippen LogP) is 2.85. The van der Waals surface area contributed by atoms with E-state index in [0.29, 0.717) is 39.9 Å². The van der Waals surface area contributed by atoms with Crippen LogP contribution in [0, 0.1) is 6.92 Å². The summed E-state index contributed by atoms with van der Waals surface area (Å²) < 4.78 is 16.5. The van der Waals surface area contributed by atoms with E-state index in [2.05, 4.69) is 15.0 Å². The number of carbonyl (C=O) groups excluding carboxylic acids is 1. The molecule has 30 heavy (non-hydrogen) atoms. The van der Waals surface area contributed by atoms with Crippen LogP contribution in [-0.4, -0.2) is 64.9 Å². The molecule has 8 nitrogen and oxygen atoms in total. The zero-order valence-corrected chi connectivity index (χ0v) is 16.8. The number of hydrogen-bond donors (Lipinski definition) is 0. The zero-order valence-electron chi connectivity index (χ0n) is 16.8. The van der Waals surface area contributed by atoms with Crippen molar-refractivity contribution >= 4 is 17.0 Å². The number of pyridine rings is 1. The molecule has 2 fully saturated rings. The molecule has 2 aromatic heterocycles. The molecule has 6 rings (SSSR count). The van der Waals surface area contributed by atoms with Crippen LogP contribution in [0.1, 0.15) is 28.9 Å². The number of aryl methyl sites for hydroxylation is 1. The van der Waals surface area contributed by atoms with Crippen LogP contribution in [0.3, 0.4) is 0 Å². The number of amides is 1. The zero-order chi connectivity index (χ0) is 20.2. The van der Waals surface area contributed by atoms with Crippen LogP contribution in [0.2, 0.25) is 0 Å². The molecule has 154 valence electrons. The van der Waals surface area contributed by atoms with Gasteiger partial charge >= 0.3 is 0 Å². The highest BCUT2D eigenvalue weighted by Crippen LogP contribution is 2.38. The lowest BCUT2D eigenvalue weighted by Gasteiger charge is -2.37. The van der Waals surface area contributed by atoms with Crippen molar-refractivity contribution in [3.8, 4) is 22.8 Å². The number of hydrogen-bond acceptors (Lipinski definition) is 7. The molecule has 1 aromatic carbocycles. The van der Waals surface area contributed by atoms with Crippen LogP contribution in [0.4, 0.5) is 0 Å². The maximum atomic E-state index is 13.6. The molecule has 1 atom stereocenters. The summed E-state index contributed by atoms with van der Waals surface area (Å²) in [6.45, 7) is 5.66. The molecule has 8 heteroatoms. The van der Waals surface area contributed by atoms with Crippen LogP contribution in [0.25, 0.3) is 22.4 Å². The Hall–Kier alpha value is -3.13. The lowest BCUT2D eigenvalue weighted by molar-refractivity contribution is 0.0573. The number of nitrogens with zero attached hydrogens (tertiary/aromatic N) is 4. The summed E-state index contributed by atoms with van der Waals surface area (Å²) in [5, 5.41) is 4.91. The topological polar surface area (TPSA) is 80.9 Å². The summed E-state index contributed by atoms with van der Waals surface area (Å²) >= 11 is 0. The Labute approximate surface area is 173 Å².